The summed E-state index contributed by atoms with van der Waals surface area (Å²) in [5, 5.41) is 7.98. The van der Waals surface area contributed by atoms with Crippen LogP contribution in [0.15, 0.2) is 211 Å². The van der Waals surface area contributed by atoms with E-state index in [0.29, 0.717) is 95.0 Å². The standard InChI is InChI=1S/C36H33N3O4S.C36H31N3O3S/c37-29-12-6-4-10-25(29)14-16-33(40)32(23-44-22-24-8-2-1-3-9-24)39-36(41)28-21-31(38-30-13-7-5-11-27(28)30)26-15-17-34-35(20-26)43-19-18-42-34;40-36(28-21-32(38-30-13-7-5-11-27(28)30)26-15-17-34-35(20-26)42-19-18-41-34)39-33(23-43-22-24-8-2-1-3-9-24)31-16-14-25-10-4-6-12-29(25)37-31/h1-13,15,17,20-21,32H,14,16,18-19,22-23,37H2,(H,39,41);1-13,15,17,20-21,33H,14,16,18-19,22-23H2,(H,39,40). The molecule has 3 aliphatic rings. The fourth-order valence-corrected chi connectivity index (χ4v) is 12.9. The Bertz CT molecular complexity index is 4150. The molecule has 13 rings (SSSR count). The highest BCUT2D eigenvalue weighted by molar-refractivity contribution is 7.98. The lowest BCUT2D eigenvalue weighted by atomic mass is 9.97. The van der Waals surface area contributed by atoms with E-state index < -0.39 is 6.04 Å². The Labute approximate surface area is 514 Å². The van der Waals surface area contributed by atoms with Gasteiger partial charge in [0, 0.05) is 62.7 Å². The molecule has 2 atom stereocenters. The number of para-hydroxylation sites is 4. The number of carbonyl (C=O) groups is 3. The molecule has 2 amide bonds. The number of aryl methyl sites for hydroxylation is 2. The number of thioether (sulfide) groups is 2. The van der Waals surface area contributed by atoms with Gasteiger partial charge in [0.1, 0.15) is 26.4 Å². The normalized spacial score (nSPS) is 13.7. The molecule has 3 aliphatic heterocycles. The van der Waals surface area contributed by atoms with E-state index in [1.54, 1.807) is 17.8 Å². The van der Waals surface area contributed by atoms with E-state index in [9.17, 15) is 14.4 Å². The lowest BCUT2D eigenvalue weighted by Gasteiger charge is -2.25. The number of aromatic nitrogens is 2. The molecule has 0 aliphatic carbocycles. The van der Waals surface area contributed by atoms with Crippen LogP contribution in [0.25, 0.3) is 44.3 Å². The number of nitrogens with two attached hydrogens (primary N) is 1. The Hall–Kier alpha value is -9.44. The van der Waals surface area contributed by atoms with E-state index in [4.69, 9.17) is 39.6 Å². The van der Waals surface area contributed by atoms with Crippen LogP contribution in [0.2, 0.25) is 0 Å². The smallest absolute Gasteiger partial charge is 0.252 e. The van der Waals surface area contributed by atoms with Gasteiger partial charge in [0.2, 0.25) is 0 Å². The number of Topliss-reactive ketones (excluding diaryl/α,β-unsaturated/α-hetero) is 1. The van der Waals surface area contributed by atoms with E-state index >= 15 is 0 Å². The van der Waals surface area contributed by atoms with Gasteiger partial charge in [-0.1, -0.05) is 133 Å². The molecule has 15 heteroatoms. The predicted molar refractivity (Wildman–Crippen MR) is 350 cm³/mol. The third-order valence-electron chi connectivity index (χ3n) is 15.4. The summed E-state index contributed by atoms with van der Waals surface area (Å²) in [5.74, 6) is 5.02. The molecule has 0 saturated heterocycles. The summed E-state index contributed by atoms with van der Waals surface area (Å²) in [5.41, 5.74) is 18.9. The van der Waals surface area contributed by atoms with Crippen LogP contribution in [0.1, 0.15) is 55.8 Å². The number of amides is 2. The lowest BCUT2D eigenvalue weighted by Crippen LogP contribution is -2.43. The van der Waals surface area contributed by atoms with Gasteiger partial charge in [0.05, 0.1) is 51.3 Å². The number of nitrogens with one attached hydrogen (secondary N) is 2. The minimum atomic E-state index is -0.675. The first kappa shape index (κ1) is 58.0. The SMILES string of the molecule is Nc1ccccc1CCC(=O)C(CSCc1ccccc1)NC(=O)c1cc(-c2ccc3c(c2)OCCO3)nc2ccccc12.O=C(NC(CSCc1ccccc1)C1=Nc2ccccc2CC1)c1cc(-c2ccc3c(c2)OCCO3)nc2ccccc12. The number of nitrogens with zero attached hydrogens (tertiary/aromatic N) is 3. The first-order valence-corrected chi connectivity index (χ1v) is 31.5. The molecule has 10 aromatic rings. The summed E-state index contributed by atoms with van der Waals surface area (Å²) in [6, 6.07) is 65.9. The van der Waals surface area contributed by atoms with Gasteiger partial charge >= 0.3 is 0 Å². The molecule has 436 valence electrons. The predicted octanol–water partition coefficient (Wildman–Crippen LogP) is 13.9. The van der Waals surface area contributed by atoms with Crippen molar-refractivity contribution in [3.8, 4) is 45.5 Å². The van der Waals surface area contributed by atoms with Crippen LogP contribution in [-0.4, -0.2) is 83.3 Å². The molecular formula is C72H64N6O7S2. The second-order valence-corrected chi connectivity index (χ2v) is 23.4. The van der Waals surface area contributed by atoms with Crippen molar-refractivity contribution in [3.05, 3.63) is 240 Å². The largest absolute Gasteiger partial charge is 0.486 e. The topological polar surface area (TPSA) is 176 Å². The number of hydrogen-bond donors (Lipinski definition) is 3. The van der Waals surface area contributed by atoms with Crippen molar-refractivity contribution in [3.63, 3.8) is 0 Å². The van der Waals surface area contributed by atoms with Gasteiger partial charge in [-0.05, 0) is 114 Å². The summed E-state index contributed by atoms with van der Waals surface area (Å²) >= 11 is 3.43. The average Bonchev–Trinajstić information content (AvgIpc) is 2.15. The maximum Gasteiger partial charge on any atom is 0.252 e. The number of anilines is 1. The van der Waals surface area contributed by atoms with Crippen molar-refractivity contribution in [1.82, 2.24) is 20.6 Å². The summed E-state index contributed by atoms with van der Waals surface area (Å²) in [4.78, 5) is 56.6. The summed E-state index contributed by atoms with van der Waals surface area (Å²) in [7, 11) is 0. The second-order valence-electron chi connectivity index (χ2n) is 21.3. The number of nitrogen functional groups attached to an aromatic ring is 1. The molecule has 0 saturated carbocycles. The monoisotopic (exact) mass is 1190 g/mol. The van der Waals surface area contributed by atoms with Crippen LogP contribution < -0.4 is 35.3 Å². The third kappa shape index (κ3) is 14.3. The Kier molecular flexibility index (Phi) is 18.5. The zero-order valence-electron chi connectivity index (χ0n) is 47.9. The number of ketones is 1. The average molecular weight is 1190 g/mol. The summed E-state index contributed by atoms with van der Waals surface area (Å²) < 4.78 is 23.0. The first-order chi connectivity index (χ1) is 42.8. The molecule has 13 nitrogen and oxygen atoms in total. The van der Waals surface area contributed by atoms with Crippen LogP contribution in [-0.2, 0) is 29.1 Å². The van der Waals surface area contributed by atoms with Crippen LogP contribution in [0.3, 0.4) is 0 Å². The molecule has 2 aromatic heterocycles. The number of hydrogen-bond acceptors (Lipinski definition) is 13. The minimum Gasteiger partial charge on any atom is -0.486 e. The Morgan fingerprint density at radius 2 is 1.01 bits per heavy atom. The van der Waals surface area contributed by atoms with Crippen molar-refractivity contribution in [2.45, 2.75) is 49.3 Å². The molecule has 8 aromatic carbocycles. The van der Waals surface area contributed by atoms with Crippen LogP contribution in [0.5, 0.6) is 23.0 Å². The maximum atomic E-state index is 14.2. The van der Waals surface area contributed by atoms with Crippen molar-refractivity contribution in [1.29, 1.82) is 0 Å². The highest BCUT2D eigenvalue weighted by atomic mass is 32.2. The number of benzene rings is 8. The molecule has 4 N–H and O–H groups in total. The Balaban J connectivity index is 0.000000170. The number of fused-ring (bicyclic) bond motifs is 5. The fourth-order valence-electron chi connectivity index (χ4n) is 10.8. The zero-order chi connectivity index (χ0) is 59.3. The Morgan fingerprint density at radius 1 is 0.506 bits per heavy atom. The van der Waals surface area contributed by atoms with E-state index in [0.717, 1.165) is 80.4 Å². The number of pyridine rings is 2. The molecule has 2 unspecified atom stereocenters. The minimum absolute atomic E-state index is 0.0346. The highest BCUT2D eigenvalue weighted by Gasteiger charge is 2.27. The van der Waals surface area contributed by atoms with Crippen molar-refractivity contribution >= 4 is 80.0 Å². The maximum absolute atomic E-state index is 14.2. The lowest BCUT2D eigenvalue weighted by molar-refractivity contribution is -0.120. The van der Waals surface area contributed by atoms with Crippen LogP contribution in [0.4, 0.5) is 11.4 Å². The molecule has 5 heterocycles. The quantitative estimate of drug-likeness (QED) is 0.0654. The third-order valence-corrected chi connectivity index (χ3v) is 17.6. The number of carbonyl (C=O) groups excluding carboxylic acids is 3. The Morgan fingerprint density at radius 3 is 1.61 bits per heavy atom. The molecular weight excluding hydrogens is 1120 g/mol. The van der Waals surface area contributed by atoms with Crippen molar-refractivity contribution < 1.29 is 33.3 Å². The molecule has 87 heavy (non-hydrogen) atoms. The van der Waals surface area contributed by atoms with Gasteiger partial charge in [0.25, 0.3) is 11.8 Å². The second kappa shape index (κ2) is 27.7. The van der Waals surface area contributed by atoms with Gasteiger partial charge in [-0.2, -0.15) is 23.5 Å². The molecule has 0 spiro atoms. The number of aliphatic imine (C=N–C) groups is 1. The van der Waals surface area contributed by atoms with Crippen molar-refractivity contribution in [2.75, 3.05) is 43.7 Å². The summed E-state index contributed by atoms with van der Waals surface area (Å²) in [6.45, 7) is 2.02. The van der Waals surface area contributed by atoms with Crippen LogP contribution >= 0.6 is 23.5 Å². The van der Waals surface area contributed by atoms with E-state index in [2.05, 4.69) is 65.2 Å². The van der Waals surface area contributed by atoms with Gasteiger partial charge in [-0.15, -0.1) is 0 Å². The highest BCUT2D eigenvalue weighted by Crippen LogP contribution is 2.37. The summed E-state index contributed by atoms with van der Waals surface area (Å²) in [6.07, 6.45) is 2.50. The van der Waals surface area contributed by atoms with Gasteiger partial charge < -0.3 is 35.3 Å². The van der Waals surface area contributed by atoms with Gasteiger partial charge in [-0.25, -0.2) is 9.97 Å². The number of ether oxygens (including phenoxy) is 4. The molecule has 0 fully saturated rings. The van der Waals surface area contributed by atoms with Crippen molar-refractivity contribution in [2.24, 2.45) is 4.99 Å². The van der Waals surface area contributed by atoms with E-state index in [-0.39, 0.29) is 30.1 Å². The van der Waals surface area contributed by atoms with Gasteiger partial charge in [-0.3, -0.25) is 19.4 Å². The fraction of sp³-hybridized carbons (Fsp3) is 0.194. The number of rotatable bonds is 19. The van der Waals surface area contributed by atoms with Gasteiger partial charge in [0.15, 0.2) is 28.8 Å². The first-order valence-electron chi connectivity index (χ1n) is 29.2. The van der Waals surface area contributed by atoms with E-state index in [1.165, 1.54) is 11.1 Å². The van der Waals surface area contributed by atoms with Crippen LogP contribution in [0, 0.1) is 0 Å². The molecule has 0 radical (unpaired) electrons. The molecule has 0 bridgehead atoms. The zero-order valence-corrected chi connectivity index (χ0v) is 49.5. The van der Waals surface area contributed by atoms with E-state index in [1.807, 2.05) is 157 Å².